The number of nitrogens with zero attached hydrogens (tertiary/aromatic N) is 5. The van der Waals surface area contributed by atoms with E-state index < -0.39 is 0 Å². The third-order valence-electron chi connectivity index (χ3n) is 7.20. The van der Waals surface area contributed by atoms with Crippen molar-refractivity contribution in [2.75, 3.05) is 39.3 Å². The fraction of sp³-hybridized carbons (Fsp3) is 0.345. The summed E-state index contributed by atoms with van der Waals surface area (Å²) in [6, 6.07) is 18.8. The number of aromatic nitrogens is 3. The Bertz CT molecular complexity index is 1280. The summed E-state index contributed by atoms with van der Waals surface area (Å²) in [7, 11) is 0. The van der Waals surface area contributed by atoms with Gasteiger partial charge in [-0.15, -0.1) is 24.8 Å². The number of H-pyrrole nitrogens is 1. The normalized spacial score (nSPS) is 14.9. The Hall–Kier alpha value is -2.97. The van der Waals surface area contributed by atoms with Crippen molar-refractivity contribution in [1.82, 2.24) is 29.7 Å². The Kier molecular flexibility index (Phi) is 10.7. The van der Waals surface area contributed by atoms with Crippen LogP contribution in [0.5, 0.6) is 0 Å². The lowest BCUT2D eigenvalue weighted by atomic mass is 9.93. The van der Waals surface area contributed by atoms with Crippen LogP contribution in [0.4, 0.5) is 0 Å². The quantitative estimate of drug-likeness (QED) is 0.324. The van der Waals surface area contributed by atoms with E-state index in [2.05, 4.69) is 56.2 Å². The Morgan fingerprint density at radius 2 is 1.68 bits per heavy atom. The summed E-state index contributed by atoms with van der Waals surface area (Å²) in [5.41, 5.74) is 5.31. The third-order valence-corrected chi connectivity index (χ3v) is 7.20. The molecule has 1 aliphatic rings. The first kappa shape index (κ1) is 29.6. The molecule has 3 heterocycles. The molecule has 9 heteroatoms. The minimum atomic E-state index is 0. The summed E-state index contributed by atoms with van der Waals surface area (Å²) in [5, 5.41) is 1.14. The molecular formula is C29H36Cl2N6O. The second-order valence-electron chi connectivity index (χ2n) is 9.31. The Morgan fingerprint density at radius 1 is 0.974 bits per heavy atom. The van der Waals surface area contributed by atoms with Crippen molar-refractivity contribution < 1.29 is 4.79 Å². The maximum atomic E-state index is 12.9. The van der Waals surface area contributed by atoms with Crippen LogP contribution in [0.1, 0.15) is 47.1 Å². The second kappa shape index (κ2) is 13.7. The topological polar surface area (TPSA) is 68.4 Å². The molecule has 1 unspecified atom stereocenters. The third kappa shape index (κ3) is 6.35. The predicted octanol–water partition coefficient (Wildman–Crippen LogP) is 5.19. The van der Waals surface area contributed by atoms with Crippen LogP contribution < -0.4 is 0 Å². The van der Waals surface area contributed by atoms with Crippen LogP contribution in [-0.2, 0) is 6.54 Å². The van der Waals surface area contributed by atoms with Crippen molar-refractivity contribution in [3.63, 3.8) is 0 Å². The minimum Gasteiger partial charge on any atom is -0.347 e. The molecule has 0 bridgehead atoms. The number of benzene rings is 2. The van der Waals surface area contributed by atoms with E-state index in [-0.39, 0.29) is 36.8 Å². The minimum absolute atomic E-state index is 0. The van der Waals surface area contributed by atoms with Crippen molar-refractivity contribution in [1.29, 1.82) is 0 Å². The number of imidazole rings is 1. The van der Waals surface area contributed by atoms with Gasteiger partial charge in [0.15, 0.2) is 0 Å². The average Bonchev–Trinajstić information content (AvgIpc) is 3.44. The lowest BCUT2D eigenvalue weighted by Gasteiger charge is -2.40. The van der Waals surface area contributed by atoms with Gasteiger partial charge in [-0.3, -0.25) is 19.6 Å². The van der Waals surface area contributed by atoms with Crippen molar-refractivity contribution in [3.8, 4) is 0 Å². The van der Waals surface area contributed by atoms with E-state index in [0.717, 1.165) is 54.9 Å². The molecule has 1 aliphatic heterocycles. The lowest BCUT2D eigenvalue weighted by molar-refractivity contribution is 0.0773. The summed E-state index contributed by atoms with van der Waals surface area (Å²) in [6.07, 6.45) is 5.51. The van der Waals surface area contributed by atoms with E-state index in [1.165, 1.54) is 11.1 Å². The Morgan fingerprint density at radius 3 is 2.34 bits per heavy atom. The van der Waals surface area contributed by atoms with Crippen LogP contribution in [0.25, 0.3) is 10.9 Å². The summed E-state index contributed by atoms with van der Waals surface area (Å²) in [5.74, 6) is 0.0855. The fourth-order valence-electron chi connectivity index (χ4n) is 5.23. The molecule has 202 valence electrons. The molecule has 5 rings (SSSR count). The number of fused-ring (bicyclic) bond motifs is 1. The maximum absolute atomic E-state index is 12.9. The highest BCUT2D eigenvalue weighted by atomic mass is 35.5. The van der Waals surface area contributed by atoms with Crippen LogP contribution in [0.15, 0.2) is 73.3 Å². The first-order valence-electron chi connectivity index (χ1n) is 12.8. The van der Waals surface area contributed by atoms with Crippen LogP contribution in [0.3, 0.4) is 0 Å². The van der Waals surface area contributed by atoms with Crippen molar-refractivity contribution >= 4 is 41.6 Å². The van der Waals surface area contributed by atoms with Crippen molar-refractivity contribution in [2.45, 2.75) is 26.4 Å². The van der Waals surface area contributed by atoms with Crippen LogP contribution in [0.2, 0.25) is 0 Å². The smallest absolute Gasteiger partial charge is 0.253 e. The maximum Gasteiger partial charge on any atom is 0.253 e. The van der Waals surface area contributed by atoms with Gasteiger partial charge in [-0.05, 0) is 37.6 Å². The predicted molar refractivity (Wildman–Crippen MR) is 157 cm³/mol. The highest BCUT2D eigenvalue weighted by Gasteiger charge is 2.28. The number of aromatic amines is 1. The zero-order valence-corrected chi connectivity index (χ0v) is 23.5. The second-order valence-corrected chi connectivity index (χ2v) is 9.31. The lowest BCUT2D eigenvalue weighted by Crippen LogP contribution is -2.47. The highest BCUT2D eigenvalue weighted by Crippen LogP contribution is 2.34. The molecule has 1 atom stereocenters. The van der Waals surface area contributed by atoms with E-state index in [0.29, 0.717) is 13.1 Å². The molecule has 2 aromatic heterocycles. The van der Waals surface area contributed by atoms with E-state index in [9.17, 15) is 4.79 Å². The first-order valence-corrected chi connectivity index (χ1v) is 12.8. The molecule has 0 spiro atoms. The SMILES string of the molecule is CCN(CC)C(=O)c1ccc(C(c2cccc3cccnc23)N2CCN(Cc3cnc[nH]3)CC2)cc1.Cl.Cl. The van der Waals surface area contributed by atoms with Gasteiger partial charge in [0.1, 0.15) is 0 Å². The monoisotopic (exact) mass is 554 g/mol. The van der Waals surface area contributed by atoms with Gasteiger partial charge >= 0.3 is 0 Å². The number of carbonyl (C=O) groups is 1. The van der Waals surface area contributed by atoms with Crippen LogP contribution >= 0.6 is 24.8 Å². The molecule has 2 aromatic carbocycles. The molecule has 0 radical (unpaired) electrons. The van der Waals surface area contributed by atoms with Gasteiger partial charge in [-0.1, -0.05) is 36.4 Å². The molecule has 1 saturated heterocycles. The summed E-state index contributed by atoms with van der Waals surface area (Å²) >= 11 is 0. The zero-order chi connectivity index (χ0) is 24.9. The number of halogens is 2. The van der Waals surface area contributed by atoms with Gasteiger partial charge < -0.3 is 9.88 Å². The molecule has 1 N–H and O–H groups in total. The number of hydrogen-bond acceptors (Lipinski definition) is 5. The first-order chi connectivity index (χ1) is 17.7. The van der Waals surface area contributed by atoms with E-state index in [1.807, 2.05) is 49.3 Å². The number of rotatable bonds is 8. The summed E-state index contributed by atoms with van der Waals surface area (Å²) < 4.78 is 0. The van der Waals surface area contributed by atoms with Gasteiger partial charge in [0, 0.05) is 80.4 Å². The summed E-state index contributed by atoms with van der Waals surface area (Å²) in [6.45, 7) is 10.2. The van der Waals surface area contributed by atoms with E-state index in [4.69, 9.17) is 4.98 Å². The zero-order valence-electron chi connectivity index (χ0n) is 21.9. The molecular weight excluding hydrogens is 519 g/mol. The molecule has 7 nitrogen and oxygen atoms in total. The Balaban J connectivity index is 0.00000200. The molecule has 1 amide bonds. The highest BCUT2D eigenvalue weighted by molar-refractivity contribution is 5.94. The largest absolute Gasteiger partial charge is 0.347 e. The van der Waals surface area contributed by atoms with Gasteiger partial charge in [-0.25, -0.2) is 4.98 Å². The molecule has 0 aliphatic carbocycles. The number of piperazine rings is 1. The van der Waals surface area contributed by atoms with Crippen LogP contribution in [-0.4, -0.2) is 74.8 Å². The van der Waals surface area contributed by atoms with Crippen molar-refractivity contribution in [2.24, 2.45) is 0 Å². The van der Waals surface area contributed by atoms with Gasteiger partial charge in [0.25, 0.3) is 5.91 Å². The van der Waals surface area contributed by atoms with Gasteiger partial charge in [0.2, 0.25) is 0 Å². The van der Waals surface area contributed by atoms with Crippen LogP contribution in [0, 0.1) is 0 Å². The summed E-state index contributed by atoms with van der Waals surface area (Å²) in [4.78, 5) is 31.9. The molecule has 38 heavy (non-hydrogen) atoms. The number of amides is 1. The van der Waals surface area contributed by atoms with E-state index >= 15 is 0 Å². The standard InChI is InChI=1S/C29H34N6O.2ClH/c1-3-34(4-2)29(36)24-12-10-23(11-13-24)28(26-9-5-7-22-8-6-14-31-27(22)26)35-17-15-33(16-18-35)20-25-19-30-21-32-25;;/h5-14,19,21,28H,3-4,15-18,20H2,1-2H3,(H,30,32);2*1H. The average molecular weight is 556 g/mol. The van der Waals surface area contributed by atoms with E-state index in [1.54, 1.807) is 6.33 Å². The molecule has 4 aromatic rings. The Labute approximate surface area is 237 Å². The number of para-hydroxylation sites is 1. The number of carbonyl (C=O) groups excluding carboxylic acids is 1. The number of hydrogen-bond donors (Lipinski definition) is 1. The molecule has 1 fully saturated rings. The molecule has 0 saturated carbocycles. The fourth-order valence-corrected chi connectivity index (χ4v) is 5.23. The van der Waals surface area contributed by atoms with Crippen molar-refractivity contribution in [3.05, 3.63) is 95.7 Å². The van der Waals surface area contributed by atoms with Gasteiger partial charge in [0.05, 0.1) is 17.9 Å². The number of pyridine rings is 1. The number of nitrogens with one attached hydrogen (secondary N) is 1. The van der Waals surface area contributed by atoms with Gasteiger partial charge in [-0.2, -0.15) is 0 Å².